The van der Waals surface area contributed by atoms with Crippen molar-refractivity contribution < 1.29 is 4.42 Å². The number of nitrogens with zero attached hydrogens (tertiary/aromatic N) is 1. The van der Waals surface area contributed by atoms with Crippen LogP contribution >= 0.6 is 0 Å². The highest BCUT2D eigenvalue weighted by atomic mass is 16.3. The van der Waals surface area contributed by atoms with Gasteiger partial charge in [-0.05, 0) is 23.8 Å². The molecule has 0 bridgehead atoms. The van der Waals surface area contributed by atoms with Gasteiger partial charge in [0.2, 0.25) is 0 Å². The molecule has 2 heterocycles. The van der Waals surface area contributed by atoms with Gasteiger partial charge in [0.15, 0.2) is 12.0 Å². The highest BCUT2D eigenvalue weighted by Crippen LogP contribution is 2.24. The van der Waals surface area contributed by atoms with E-state index in [1.54, 1.807) is 0 Å². The van der Waals surface area contributed by atoms with Crippen LogP contribution < -0.4 is 5.32 Å². The van der Waals surface area contributed by atoms with Gasteiger partial charge >= 0.3 is 0 Å². The first-order valence-electron chi connectivity index (χ1n) is 4.40. The third-order valence-corrected chi connectivity index (χ3v) is 2.28. The lowest BCUT2D eigenvalue weighted by atomic mass is 10.1. The van der Waals surface area contributed by atoms with E-state index in [0.29, 0.717) is 0 Å². The molecule has 3 heteroatoms. The molecule has 1 aromatic heterocycles. The molecule has 2 aromatic rings. The Labute approximate surface area is 80.8 Å². The molecule has 1 aromatic carbocycles. The van der Waals surface area contributed by atoms with Crippen molar-refractivity contribution in [3.8, 4) is 0 Å². The molecule has 1 N–H and O–H groups in total. The zero-order valence-electron chi connectivity index (χ0n) is 7.40. The summed E-state index contributed by atoms with van der Waals surface area (Å²) in [5, 5.41) is 3.03. The molecule has 14 heavy (non-hydrogen) atoms. The van der Waals surface area contributed by atoms with Crippen molar-refractivity contribution in [1.29, 1.82) is 0 Å². The van der Waals surface area contributed by atoms with Crippen molar-refractivity contribution >= 4 is 23.3 Å². The molecule has 0 unspecified atom stereocenters. The van der Waals surface area contributed by atoms with Crippen LogP contribution in [0.2, 0.25) is 0 Å². The molecule has 0 amide bonds. The standard InChI is InChI=1S/C11H8N2O/c1-2-10-11(14-7-13-10)9-4-6-12-5-3-8(1)9/h1-7,12H. The number of fused-ring (bicyclic) bond motifs is 3. The second kappa shape index (κ2) is 2.73. The van der Waals surface area contributed by atoms with Crippen LogP contribution in [-0.4, -0.2) is 4.98 Å². The lowest BCUT2D eigenvalue weighted by molar-refractivity contribution is 0.601. The summed E-state index contributed by atoms with van der Waals surface area (Å²) >= 11 is 0. The van der Waals surface area contributed by atoms with E-state index >= 15 is 0 Å². The van der Waals surface area contributed by atoms with E-state index in [0.717, 1.165) is 22.2 Å². The van der Waals surface area contributed by atoms with Gasteiger partial charge in [-0.25, -0.2) is 4.98 Å². The van der Waals surface area contributed by atoms with Crippen LogP contribution in [0.25, 0.3) is 23.3 Å². The van der Waals surface area contributed by atoms with E-state index in [-0.39, 0.29) is 0 Å². The van der Waals surface area contributed by atoms with Crippen molar-refractivity contribution in [2.75, 3.05) is 0 Å². The normalized spacial score (nSPS) is 13.7. The van der Waals surface area contributed by atoms with Crippen LogP contribution in [0.5, 0.6) is 0 Å². The van der Waals surface area contributed by atoms with E-state index in [9.17, 15) is 0 Å². The molecule has 0 fully saturated rings. The number of oxazole rings is 1. The molecule has 0 aliphatic carbocycles. The van der Waals surface area contributed by atoms with Gasteiger partial charge in [0.25, 0.3) is 0 Å². The molecule has 3 nitrogen and oxygen atoms in total. The summed E-state index contributed by atoms with van der Waals surface area (Å²) in [6, 6.07) is 4.00. The SMILES string of the molecule is C1=Cc2ccc3ncoc3c2C=CN1. The fourth-order valence-corrected chi connectivity index (χ4v) is 1.61. The first-order chi connectivity index (χ1) is 6.95. The monoisotopic (exact) mass is 184 g/mol. The van der Waals surface area contributed by atoms with Gasteiger partial charge in [0.1, 0.15) is 5.52 Å². The summed E-state index contributed by atoms with van der Waals surface area (Å²) in [7, 11) is 0. The topological polar surface area (TPSA) is 38.1 Å². The molecule has 1 aliphatic rings. The van der Waals surface area contributed by atoms with Crippen LogP contribution in [0.3, 0.4) is 0 Å². The summed E-state index contributed by atoms with van der Waals surface area (Å²) in [5.41, 5.74) is 3.94. The Balaban J connectivity index is 2.43. The summed E-state index contributed by atoms with van der Waals surface area (Å²) < 4.78 is 5.35. The largest absolute Gasteiger partial charge is 0.443 e. The number of benzene rings is 1. The van der Waals surface area contributed by atoms with Crippen LogP contribution in [-0.2, 0) is 0 Å². The minimum Gasteiger partial charge on any atom is -0.443 e. The molecule has 0 saturated carbocycles. The lowest BCUT2D eigenvalue weighted by Gasteiger charge is -1.98. The van der Waals surface area contributed by atoms with Gasteiger partial charge in [0, 0.05) is 18.0 Å². The number of nitrogens with one attached hydrogen (secondary N) is 1. The minimum absolute atomic E-state index is 0.840. The second-order valence-electron chi connectivity index (χ2n) is 3.10. The summed E-state index contributed by atoms with van der Waals surface area (Å²) in [6.07, 6.45) is 9.25. The molecule has 0 radical (unpaired) electrons. The number of rotatable bonds is 0. The Hall–Kier alpha value is -2.03. The molecular weight excluding hydrogens is 176 g/mol. The number of hydrogen-bond acceptors (Lipinski definition) is 3. The van der Waals surface area contributed by atoms with Crippen molar-refractivity contribution in [2.24, 2.45) is 0 Å². The molecular formula is C11H8N2O. The highest BCUT2D eigenvalue weighted by molar-refractivity contribution is 5.88. The number of hydrogen-bond donors (Lipinski definition) is 1. The summed E-state index contributed by atoms with van der Waals surface area (Å²) in [5.74, 6) is 0. The van der Waals surface area contributed by atoms with Crippen LogP contribution in [0.15, 0.2) is 35.3 Å². The van der Waals surface area contributed by atoms with Crippen LogP contribution in [0, 0.1) is 0 Å². The highest BCUT2D eigenvalue weighted by Gasteiger charge is 2.07. The maximum absolute atomic E-state index is 5.35. The van der Waals surface area contributed by atoms with E-state index in [2.05, 4.69) is 10.3 Å². The second-order valence-corrected chi connectivity index (χ2v) is 3.10. The van der Waals surface area contributed by atoms with Gasteiger partial charge in [-0.1, -0.05) is 6.07 Å². The maximum atomic E-state index is 5.35. The zero-order chi connectivity index (χ0) is 9.38. The smallest absolute Gasteiger partial charge is 0.182 e. The van der Waals surface area contributed by atoms with Crippen molar-refractivity contribution in [3.05, 3.63) is 42.1 Å². The zero-order valence-corrected chi connectivity index (χ0v) is 7.40. The van der Waals surface area contributed by atoms with E-state index in [1.807, 2.05) is 36.7 Å². The predicted molar refractivity (Wildman–Crippen MR) is 55.2 cm³/mol. The first-order valence-corrected chi connectivity index (χ1v) is 4.40. The van der Waals surface area contributed by atoms with Crippen LogP contribution in [0.1, 0.15) is 11.1 Å². The Kier molecular flexibility index (Phi) is 1.44. The van der Waals surface area contributed by atoms with Crippen molar-refractivity contribution in [2.45, 2.75) is 0 Å². The van der Waals surface area contributed by atoms with Gasteiger partial charge in [-0.3, -0.25) is 0 Å². The fourth-order valence-electron chi connectivity index (χ4n) is 1.61. The summed E-state index contributed by atoms with van der Waals surface area (Å²) in [4.78, 5) is 4.11. The maximum Gasteiger partial charge on any atom is 0.182 e. The minimum atomic E-state index is 0.840. The predicted octanol–water partition coefficient (Wildman–Crippen LogP) is 2.37. The van der Waals surface area contributed by atoms with Crippen molar-refractivity contribution in [1.82, 2.24) is 10.3 Å². The average Bonchev–Trinajstić information content (AvgIpc) is 2.55. The summed E-state index contributed by atoms with van der Waals surface area (Å²) in [6.45, 7) is 0. The van der Waals surface area contributed by atoms with E-state index < -0.39 is 0 Å². The molecule has 1 aliphatic heterocycles. The number of aromatic nitrogens is 1. The average molecular weight is 184 g/mol. The first kappa shape index (κ1) is 7.38. The Bertz CT molecular complexity index is 537. The molecule has 0 saturated heterocycles. The van der Waals surface area contributed by atoms with Gasteiger partial charge in [-0.15, -0.1) is 0 Å². The van der Waals surface area contributed by atoms with Gasteiger partial charge in [-0.2, -0.15) is 0 Å². The third-order valence-electron chi connectivity index (χ3n) is 2.28. The van der Waals surface area contributed by atoms with Gasteiger partial charge in [0.05, 0.1) is 0 Å². The van der Waals surface area contributed by atoms with E-state index in [1.165, 1.54) is 6.39 Å². The molecule has 3 rings (SSSR count). The van der Waals surface area contributed by atoms with Crippen molar-refractivity contribution in [3.63, 3.8) is 0 Å². The quantitative estimate of drug-likeness (QED) is 0.683. The molecule has 0 spiro atoms. The Morgan fingerprint density at radius 3 is 3.07 bits per heavy atom. The molecule has 0 atom stereocenters. The van der Waals surface area contributed by atoms with E-state index in [4.69, 9.17) is 4.42 Å². The van der Waals surface area contributed by atoms with Crippen LogP contribution in [0.4, 0.5) is 0 Å². The molecule has 68 valence electrons. The fraction of sp³-hybridized carbons (Fsp3) is 0. The Morgan fingerprint density at radius 1 is 1.14 bits per heavy atom. The van der Waals surface area contributed by atoms with Gasteiger partial charge < -0.3 is 9.73 Å². The third kappa shape index (κ3) is 0.956. The Morgan fingerprint density at radius 2 is 2.07 bits per heavy atom. The lowest BCUT2D eigenvalue weighted by Crippen LogP contribution is -1.87.